The van der Waals surface area contributed by atoms with Gasteiger partial charge in [-0.15, -0.1) is 0 Å². The SMILES string of the molecule is Cc1cc(C(=O)N2Cc3cnc(CC(C)C)nc3C2)c(C)n1-c1ccccc1. The summed E-state index contributed by atoms with van der Waals surface area (Å²) < 4.78 is 2.14. The van der Waals surface area contributed by atoms with Crippen molar-refractivity contribution in [2.45, 2.75) is 47.2 Å². The number of rotatable bonds is 4. The highest BCUT2D eigenvalue weighted by molar-refractivity contribution is 5.96. The number of para-hydroxylation sites is 1. The van der Waals surface area contributed by atoms with Crippen LogP contribution in [-0.4, -0.2) is 25.3 Å². The van der Waals surface area contributed by atoms with E-state index in [-0.39, 0.29) is 5.91 Å². The lowest BCUT2D eigenvalue weighted by Crippen LogP contribution is -2.25. The molecule has 0 radical (unpaired) electrons. The Morgan fingerprint density at radius 3 is 2.61 bits per heavy atom. The molecule has 3 aromatic rings. The van der Waals surface area contributed by atoms with Crippen LogP contribution in [0.5, 0.6) is 0 Å². The van der Waals surface area contributed by atoms with Crippen LogP contribution in [0.15, 0.2) is 42.6 Å². The molecule has 144 valence electrons. The molecule has 0 atom stereocenters. The fraction of sp³-hybridized carbons (Fsp3) is 0.348. The molecular formula is C23H26N4O. The van der Waals surface area contributed by atoms with Crippen molar-refractivity contribution in [3.63, 3.8) is 0 Å². The van der Waals surface area contributed by atoms with E-state index >= 15 is 0 Å². The second-order valence-corrected chi connectivity index (χ2v) is 7.97. The van der Waals surface area contributed by atoms with Gasteiger partial charge in [0.2, 0.25) is 0 Å². The van der Waals surface area contributed by atoms with E-state index in [4.69, 9.17) is 4.98 Å². The molecule has 5 heteroatoms. The van der Waals surface area contributed by atoms with Crippen LogP contribution in [0.25, 0.3) is 5.69 Å². The number of carbonyl (C=O) groups is 1. The summed E-state index contributed by atoms with van der Waals surface area (Å²) in [6.45, 7) is 9.50. The Bertz CT molecular complexity index is 1020. The summed E-state index contributed by atoms with van der Waals surface area (Å²) in [5.74, 6) is 1.43. The Morgan fingerprint density at radius 2 is 1.89 bits per heavy atom. The minimum Gasteiger partial charge on any atom is -0.328 e. The van der Waals surface area contributed by atoms with Gasteiger partial charge in [0.1, 0.15) is 5.82 Å². The maximum absolute atomic E-state index is 13.3. The monoisotopic (exact) mass is 374 g/mol. The number of nitrogens with zero attached hydrogens (tertiary/aromatic N) is 4. The molecule has 28 heavy (non-hydrogen) atoms. The van der Waals surface area contributed by atoms with E-state index in [1.54, 1.807) is 0 Å². The van der Waals surface area contributed by atoms with Crippen LogP contribution in [0.3, 0.4) is 0 Å². The predicted molar refractivity (Wildman–Crippen MR) is 109 cm³/mol. The first-order valence-electron chi connectivity index (χ1n) is 9.81. The molecule has 0 saturated carbocycles. The van der Waals surface area contributed by atoms with Crippen molar-refractivity contribution in [3.05, 3.63) is 76.6 Å². The molecule has 1 aromatic carbocycles. The van der Waals surface area contributed by atoms with Gasteiger partial charge in [-0.3, -0.25) is 4.79 Å². The smallest absolute Gasteiger partial charge is 0.256 e. The van der Waals surface area contributed by atoms with Crippen molar-refractivity contribution in [1.82, 2.24) is 19.4 Å². The summed E-state index contributed by atoms with van der Waals surface area (Å²) in [5, 5.41) is 0. The quantitative estimate of drug-likeness (QED) is 0.686. The van der Waals surface area contributed by atoms with Crippen LogP contribution in [0.2, 0.25) is 0 Å². The molecule has 0 aliphatic carbocycles. The van der Waals surface area contributed by atoms with Crippen molar-refractivity contribution >= 4 is 5.91 Å². The lowest BCUT2D eigenvalue weighted by atomic mass is 10.1. The van der Waals surface area contributed by atoms with Crippen LogP contribution < -0.4 is 0 Å². The summed E-state index contributed by atoms with van der Waals surface area (Å²) in [7, 11) is 0. The summed E-state index contributed by atoms with van der Waals surface area (Å²) in [6.07, 6.45) is 2.75. The normalized spacial score (nSPS) is 13.2. The summed E-state index contributed by atoms with van der Waals surface area (Å²) in [6, 6.07) is 12.1. The second kappa shape index (κ2) is 7.23. The van der Waals surface area contributed by atoms with Crippen molar-refractivity contribution in [2.24, 2.45) is 5.92 Å². The topological polar surface area (TPSA) is 51.0 Å². The first-order chi connectivity index (χ1) is 13.4. The van der Waals surface area contributed by atoms with Gasteiger partial charge in [-0.1, -0.05) is 32.0 Å². The molecule has 0 bridgehead atoms. The molecule has 3 heterocycles. The minimum absolute atomic E-state index is 0.0543. The van der Waals surface area contributed by atoms with E-state index in [2.05, 4.69) is 35.5 Å². The van der Waals surface area contributed by atoms with Crippen molar-refractivity contribution in [2.75, 3.05) is 0 Å². The van der Waals surface area contributed by atoms with Gasteiger partial charge in [0, 0.05) is 41.8 Å². The molecule has 2 aromatic heterocycles. The number of carbonyl (C=O) groups excluding carboxylic acids is 1. The second-order valence-electron chi connectivity index (χ2n) is 7.97. The zero-order chi connectivity index (χ0) is 19.8. The number of amides is 1. The van der Waals surface area contributed by atoms with E-state index in [0.717, 1.165) is 46.1 Å². The van der Waals surface area contributed by atoms with Crippen molar-refractivity contribution < 1.29 is 4.79 Å². The van der Waals surface area contributed by atoms with E-state index in [0.29, 0.717) is 19.0 Å². The molecule has 0 spiro atoms. The standard InChI is InChI=1S/C23H26N4O/c1-15(2)10-22-24-12-18-13-26(14-21(18)25-22)23(28)20-11-16(3)27(17(20)4)19-8-6-5-7-9-19/h5-9,11-12,15H,10,13-14H2,1-4H3. The number of aryl methyl sites for hydroxylation is 1. The van der Waals surface area contributed by atoms with Crippen LogP contribution >= 0.6 is 0 Å². The molecule has 4 rings (SSSR count). The van der Waals surface area contributed by atoms with Gasteiger partial charge in [-0.25, -0.2) is 9.97 Å². The van der Waals surface area contributed by atoms with E-state index in [1.807, 2.05) is 49.2 Å². The van der Waals surface area contributed by atoms with E-state index < -0.39 is 0 Å². The molecule has 0 unspecified atom stereocenters. The van der Waals surface area contributed by atoms with Crippen LogP contribution in [0, 0.1) is 19.8 Å². The predicted octanol–water partition coefficient (Wildman–Crippen LogP) is 4.24. The number of hydrogen-bond acceptors (Lipinski definition) is 3. The lowest BCUT2D eigenvalue weighted by Gasteiger charge is -2.15. The van der Waals surface area contributed by atoms with E-state index in [1.165, 1.54) is 0 Å². The molecular weight excluding hydrogens is 348 g/mol. The maximum Gasteiger partial charge on any atom is 0.256 e. The molecule has 1 aliphatic rings. The summed E-state index contributed by atoms with van der Waals surface area (Å²) >= 11 is 0. The largest absolute Gasteiger partial charge is 0.328 e. The number of benzene rings is 1. The zero-order valence-electron chi connectivity index (χ0n) is 16.9. The minimum atomic E-state index is 0.0543. The van der Waals surface area contributed by atoms with Gasteiger partial charge >= 0.3 is 0 Å². The van der Waals surface area contributed by atoms with Crippen LogP contribution in [0.4, 0.5) is 0 Å². The number of aromatic nitrogens is 3. The molecule has 5 nitrogen and oxygen atoms in total. The van der Waals surface area contributed by atoms with Crippen molar-refractivity contribution in [3.8, 4) is 5.69 Å². The Balaban J connectivity index is 1.59. The van der Waals surface area contributed by atoms with Crippen LogP contribution in [-0.2, 0) is 19.5 Å². The molecule has 0 fully saturated rings. The Morgan fingerprint density at radius 1 is 1.14 bits per heavy atom. The number of fused-ring (bicyclic) bond motifs is 1. The maximum atomic E-state index is 13.3. The fourth-order valence-corrected chi connectivity index (χ4v) is 3.93. The third kappa shape index (κ3) is 3.33. The highest BCUT2D eigenvalue weighted by atomic mass is 16.2. The highest BCUT2D eigenvalue weighted by Crippen LogP contribution is 2.26. The molecule has 1 amide bonds. The van der Waals surface area contributed by atoms with Crippen LogP contribution in [0.1, 0.15) is 52.7 Å². The third-order valence-electron chi connectivity index (χ3n) is 5.26. The first kappa shape index (κ1) is 18.4. The van der Waals surface area contributed by atoms with E-state index in [9.17, 15) is 4.79 Å². The van der Waals surface area contributed by atoms with Gasteiger partial charge in [0.15, 0.2) is 0 Å². The zero-order valence-corrected chi connectivity index (χ0v) is 16.9. The number of hydrogen-bond donors (Lipinski definition) is 0. The summed E-state index contributed by atoms with van der Waals surface area (Å²) in [4.78, 5) is 24.3. The third-order valence-corrected chi connectivity index (χ3v) is 5.26. The average molecular weight is 374 g/mol. The lowest BCUT2D eigenvalue weighted by molar-refractivity contribution is 0.0749. The summed E-state index contributed by atoms with van der Waals surface area (Å²) in [5.41, 5.74) is 5.89. The molecule has 1 aliphatic heterocycles. The van der Waals surface area contributed by atoms with Gasteiger partial charge in [-0.05, 0) is 38.0 Å². The fourth-order valence-electron chi connectivity index (χ4n) is 3.93. The van der Waals surface area contributed by atoms with Gasteiger partial charge in [0.05, 0.1) is 17.8 Å². The average Bonchev–Trinajstić information content (AvgIpc) is 3.21. The Kier molecular flexibility index (Phi) is 4.75. The molecule has 0 saturated heterocycles. The molecule has 0 N–H and O–H groups in total. The first-order valence-corrected chi connectivity index (χ1v) is 9.81. The van der Waals surface area contributed by atoms with Gasteiger partial charge < -0.3 is 9.47 Å². The van der Waals surface area contributed by atoms with Gasteiger partial charge in [-0.2, -0.15) is 0 Å². The highest BCUT2D eigenvalue weighted by Gasteiger charge is 2.28. The van der Waals surface area contributed by atoms with Crippen molar-refractivity contribution in [1.29, 1.82) is 0 Å². The Hall–Kier alpha value is -2.95. The van der Waals surface area contributed by atoms with Gasteiger partial charge in [0.25, 0.3) is 5.91 Å². The Labute approximate surface area is 166 Å².